The van der Waals surface area contributed by atoms with Crippen LogP contribution in [0.4, 0.5) is 11.6 Å². The molecule has 3 N–H and O–H groups in total. The number of rotatable bonds is 6. The standard InChI is InChI=1S/C24H28N6O4S/c1-15-12-14-30(24(15,2)3)22-16(10-11-18(28-22)17-7-5-9-20(27-17)34-4)23(31)29-35(32,33)19-8-6-13-26-21(19)25/h5-11,13,15H,12,14H2,1-4H3,(H2,25,26)(H,29,31). The number of hydrogen-bond acceptors (Lipinski definition) is 9. The summed E-state index contributed by atoms with van der Waals surface area (Å²) < 4.78 is 33.1. The van der Waals surface area contributed by atoms with Gasteiger partial charge in [0.25, 0.3) is 15.9 Å². The second-order valence-corrected chi connectivity index (χ2v) is 10.6. The van der Waals surface area contributed by atoms with Gasteiger partial charge in [-0.3, -0.25) is 4.79 Å². The number of methoxy groups -OCH3 is 1. The fourth-order valence-corrected chi connectivity index (χ4v) is 5.17. The van der Waals surface area contributed by atoms with Crippen molar-refractivity contribution in [2.75, 3.05) is 24.3 Å². The van der Waals surface area contributed by atoms with Crippen molar-refractivity contribution in [2.45, 2.75) is 37.6 Å². The van der Waals surface area contributed by atoms with Crippen LogP contribution in [0.1, 0.15) is 37.6 Å². The molecule has 1 amide bonds. The first-order chi connectivity index (χ1) is 16.5. The van der Waals surface area contributed by atoms with Crippen LogP contribution in [-0.2, 0) is 10.0 Å². The average molecular weight is 497 g/mol. The number of nitrogens with one attached hydrogen (secondary N) is 1. The van der Waals surface area contributed by atoms with Crippen LogP contribution >= 0.6 is 0 Å². The largest absolute Gasteiger partial charge is 0.481 e. The molecule has 1 aliphatic rings. The summed E-state index contributed by atoms with van der Waals surface area (Å²) in [5.74, 6) is 0.144. The Bertz CT molecular complexity index is 1380. The molecule has 1 saturated heterocycles. The monoisotopic (exact) mass is 496 g/mol. The SMILES string of the molecule is COc1cccc(-c2ccc(C(=O)NS(=O)(=O)c3cccnc3N)c(N3CCC(C)C3(C)C)n2)n1. The molecule has 0 saturated carbocycles. The lowest BCUT2D eigenvalue weighted by molar-refractivity contribution is 0.0981. The van der Waals surface area contributed by atoms with Crippen molar-refractivity contribution in [1.29, 1.82) is 0 Å². The van der Waals surface area contributed by atoms with Gasteiger partial charge in [-0.05, 0) is 56.5 Å². The fraction of sp³-hybridized carbons (Fsp3) is 0.333. The van der Waals surface area contributed by atoms with E-state index < -0.39 is 15.9 Å². The normalized spacial score (nSPS) is 17.3. The molecule has 4 rings (SSSR count). The number of pyridine rings is 3. The number of nitrogen functional groups attached to an aromatic ring is 1. The highest BCUT2D eigenvalue weighted by molar-refractivity contribution is 7.90. The number of aromatic nitrogens is 3. The smallest absolute Gasteiger partial charge is 0.268 e. The summed E-state index contributed by atoms with van der Waals surface area (Å²) in [6.45, 7) is 6.97. The summed E-state index contributed by atoms with van der Waals surface area (Å²) in [7, 11) is -2.72. The number of carbonyl (C=O) groups excluding carboxylic acids is 1. The van der Waals surface area contributed by atoms with Crippen LogP contribution in [0.25, 0.3) is 11.4 Å². The van der Waals surface area contributed by atoms with Gasteiger partial charge in [-0.15, -0.1) is 0 Å². The predicted molar refractivity (Wildman–Crippen MR) is 133 cm³/mol. The van der Waals surface area contributed by atoms with Crippen molar-refractivity contribution in [3.63, 3.8) is 0 Å². The van der Waals surface area contributed by atoms with Gasteiger partial charge in [-0.2, -0.15) is 0 Å². The number of nitrogens with two attached hydrogens (primary N) is 1. The van der Waals surface area contributed by atoms with Gasteiger partial charge in [0, 0.05) is 24.3 Å². The van der Waals surface area contributed by atoms with E-state index in [2.05, 4.69) is 35.5 Å². The van der Waals surface area contributed by atoms with Crippen LogP contribution in [0, 0.1) is 5.92 Å². The van der Waals surface area contributed by atoms with Crippen molar-refractivity contribution in [1.82, 2.24) is 19.7 Å². The molecule has 10 nitrogen and oxygen atoms in total. The first kappa shape index (κ1) is 24.4. The molecule has 11 heteroatoms. The fourth-order valence-electron chi connectivity index (χ4n) is 4.12. The van der Waals surface area contributed by atoms with Crippen LogP contribution in [0.5, 0.6) is 5.88 Å². The maximum atomic E-state index is 13.3. The second-order valence-electron chi connectivity index (χ2n) is 8.95. The Kier molecular flexibility index (Phi) is 6.37. The highest BCUT2D eigenvalue weighted by atomic mass is 32.2. The Morgan fingerprint density at radius 1 is 1.14 bits per heavy atom. The third-order valence-corrected chi connectivity index (χ3v) is 7.95. The van der Waals surface area contributed by atoms with Gasteiger partial charge in [-0.1, -0.05) is 13.0 Å². The molecule has 0 bridgehead atoms. The molecular formula is C24H28N6O4S. The molecule has 3 aromatic heterocycles. The van der Waals surface area contributed by atoms with E-state index in [1.165, 1.54) is 25.4 Å². The van der Waals surface area contributed by atoms with Crippen LogP contribution < -0.4 is 20.1 Å². The molecule has 4 heterocycles. The van der Waals surface area contributed by atoms with Gasteiger partial charge in [0.05, 0.1) is 24.1 Å². The lowest BCUT2D eigenvalue weighted by atomic mass is 9.90. The molecule has 1 aliphatic heterocycles. The third kappa shape index (κ3) is 4.63. The number of hydrogen-bond donors (Lipinski definition) is 2. The first-order valence-corrected chi connectivity index (χ1v) is 12.6. The Balaban J connectivity index is 1.79. The molecule has 1 fully saturated rings. The number of amides is 1. The molecule has 0 radical (unpaired) electrons. The highest BCUT2D eigenvalue weighted by Crippen LogP contribution is 2.39. The van der Waals surface area contributed by atoms with E-state index in [4.69, 9.17) is 15.5 Å². The van der Waals surface area contributed by atoms with Crippen LogP contribution in [0.2, 0.25) is 0 Å². The summed E-state index contributed by atoms with van der Waals surface area (Å²) in [5, 5.41) is 0. The zero-order chi connectivity index (χ0) is 25.4. The quantitative estimate of drug-likeness (QED) is 0.527. The number of ether oxygens (including phenoxy) is 1. The summed E-state index contributed by atoms with van der Waals surface area (Å²) in [6.07, 6.45) is 2.28. The second kappa shape index (κ2) is 9.14. The van der Waals surface area contributed by atoms with Gasteiger partial charge >= 0.3 is 0 Å². The Morgan fingerprint density at radius 2 is 1.89 bits per heavy atom. The first-order valence-electron chi connectivity index (χ1n) is 11.1. The van der Waals surface area contributed by atoms with Crippen molar-refractivity contribution in [3.05, 3.63) is 54.2 Å². The van der Waals surface area contributed by atoms with Gasteiger partial charge in [0.2, 0.25) is 5.88 Å². The van der Waals surface area contributed by atoms with Crippen molar-refractivity contribution in [2.24, 2.45) is 5.92 Å². The zero-order valence-electron chi connectivity index (χ0n) is 20.0. The van der Waals surface area contributed by atoms with E-state index in [0.717, 1.165) is 6.42 Å². The highest BCUT2D eigenvalue weighted by Gasteiger charge is 2.41. The van der Waals surface area contributed by atoms with Gasteiger partial charge in [-0.25, -0.2) is 28.1 Å². The maximum Gasteiger partial charge on any atom is 0.268 e. The van der Waals surface area contributed by atoms with Crippen molar-refractivity contribution < 1.29 is 17.9 Å². The van der Waals surface area contributed by atoms with Crippen LogP contribution in [0.3, 0.4) is 0 Å². The van der Waals surface area contributed by atoms with Crippen molar-refractivity contribution in [3.8, 4) is 17.3 Å². The Hall–Kier alpha value is -3.73. The topological polar surface area (TPSA) is 140 Å². The molecule has 0 aliphatic carbocycles. The summed E-state index contributed by atoms with van der Waals surface area (Å²) in [5.41, 5.74) is 6.65. The van der Waals surface area contributed by atoms with E-state index in [0.29, 0.717) is 35.5 Å². The van der Waals surface area contributed by atoms with E-state index in [-0.39, 0.29) is 21.8 Å². The van der Waals surface area contributed by atoms with E-state index in [1.54, 1.807) is 30.3 Å². The molecule has 0 aromatic carbocycles. The summed E-state index contributed by atoms with van der Waals surface area (Å²) in [4.78, 5) is 28.1. The number of sulfonamides is 1. The molecule has 3 aromatic rings. The lowest BCUT2D eigenvalue weighted by Crippen LogP contribution is -2.43. The molecule has 1 atom stereocenters. The Morgan fingerprint density at radius 3 is 2.54 bits per heavy atom. The molecule has 35 heavy (non-hydrogen) atoms. The third-order valence-electron chi connectivity index (χ3n) is 6.57. The maximum absolute atomic E-state index is 13.3. The van der Waals surface area contributed by atoms with Gasteiger partial charge in [0.15, 0.2) is 0 Å². The number of carbonyl (C=O) groups is 1. The van der Waals surface area contributed by atoms with Gasteiger partial charge in [0.1, 0.15) is 16.5 Å². The van der Waals surface area contributed by atoms with E-state index >= 15 is 0 Å². The van der Waals surface area contributed by atoms with E-state index in [9.17, 15) is 13.2 Å². The molecule has 184 valence electrons. The van der Waals surface area contributed by atoms with Gasteiger partial charge < -0.3 is 15.4 Å². The number of nitrogens with zero attached hydrogens (tertiary/aromatic N) is 4. The van der Waals surface area contributed by atoms with Crippen molar-refractivity contribution >= 4 is 27.6 Å². The molecule has 1 unspecified atom stereocenters. The van der Waals surface area contributed by atoms with E-state index in [1.807, 2.05) is 4.90 Å². The summed E-state index contributed by atoms with van der Waals surface area (Å²) in [6, 6.07) is 11.3. The predicted octanol–water partition coefficient (Wildman–Crippen LogP) is 2.87. The molecular weight excluding hydrogens is 468 g/mol. The minimum atomic E-state index is -4.25. The summed E-state index contributed by atoms with van der Waals surface area (Å²) >= 11 is 0. The average Bonchev–Trinajstić information content (AvgIpc) is 3.10. The van der Waals surface area contributed by atoms with Crippen LogP contribution in [-0.4, -0.2) is 48.5 Å². The zero-order valence-corrected chi connectivity index (χ0v) is 20.8. The molecule has 0 spiro atoms. The van der Waals surface area contributed by atoms with Crippen LogP contribution in [0.15, 0.2) is 53.6 Å². The number of anilines is 2. The minimum Gasteiger partial charge on any atom is -0.481 e. The minimum absolute atomic E-state index is 0.129. The Labute approximate surface area is 204 Å². The lowest BCUT2D eigenvalue weighted by Gasteiger charge is -2.36.